The van der Waals surface area contributed by atoms with Crippen LogP contribution in [0, 0.1) is 11.7 Å². The van der Waals surface area contributed by atoms with Gasteiger partial charge in [-0.15, -0.1) is 0 Å². The van der Waals surface area contributed by atoms with Crippen LogP contribution in [-0.2, 0) is 5.41 Å². The molecule has 0 amide bonds. The number of nitrogens with one attached hydrogen (secondary N) is 1. The lowest BCUT2D eigenvalue weighted by molar-refractivity contribution is 0.148. The first-order chi connectivity index (χ1) is 8.59. The normalized spacial score (nSPS) is 27.0. The minimum atomic E-state index is -0.232. The Labute approximate surface area is 114 Å². The molecule has 18 heavy (non-hydrogen) atoms. The first-order valence-corrected chi connectivity index (χ1v) is 7.12. The predicted molar refractivity (Wildman–Crippen MR) is 74.6 cm³/mol. The molecule has 0 atom stereocenters. The average Bonchev–Trinajstić information content (AvgIpc) is 2.30. The highest BCUT2D eigenvalue weighted by Gasteiger charge is 2.44. The molecule has 1 aromatic rings. The van der Waals surface area contributed by atoms with Gasteiger partial charge in [-0.2, -0.15) is 0 Å². The van der Waals surface area contributed by atoms with Gasteiger partial charge in [0.2, 0.25) is 0 Å². The van der Waals surface area contributed by atoms with Crippen molar-refractivity contribution in [3.05, 3.63) is 34.6 Å². The zero-order valence-corrected chi connectivity index (χ0v) is 11.9. The van der Waals surface area contributed by atoms with Crippen molar-refractivity contribution in [3.8, 4) is 0 Å². The molecule has 0 radical (unpaired) electrons. The molecule has 1 fully saturated rings. The van der Waals surface area contributed by atoms with Crippen LogP contribution in [0.3, 0.4) is 0 Å². The van der Waals surface area contributed by atoms with Crippen molar-refractivity contribution in [1.82, 2.24) is 5.32 Å². The molecule has 0 bridgehead atoms. The third-order valence-corrected chi connectivity index (χ3v) is 4.18. The summed E-state index contributed by atoms with van der Waals surface area (Å²) in [7, 11) is 0. The number of benzene rings is 1. The first kappa shape index (κ1) is 13.8. The summed E-state index contributed by atoms with van der Waals surface area (Å²) >= 11 is 5.90. The topological polar surface area (TPSA) is 12.0 Å². The van der Waals surface area contributed by atoms with Gasteiger partial charge < -0.3 is 5.32 Å². The van der Waals surface area contributed by atoms with Crippen LogP contribution >= 0.6 is 11.6 Å². The van der Waals surface area contributed by atoms with Crippen LogP contribution in [0.5, 0.6) is 0 Å². The van der Waals surface area contributed by atoms with Gasteiger partial charge >= 0.3 is 0 Å². The van der Waals surface area contributed by atoms with E-state index < -0.39 is 0 Å². The predicted octanol–water partition coefficient (Wildman–Crippen LogP) is 4.15. The van der Waals surface area contributed by atoms with E-state index in [-0.39, 0.29) is 16.3 Å². The molecule has 2 rings (SSSR count). The third-order valence-electron chi connectivity index (χ3n) is 3.89. The summed E-state index contributed by atoms with van der Waals surface area (Å²) in [5.74, 6) is 0.441. The highest BCUT2D eigenvalue weighted by atomic mass is 35.5. The fourth-order valence-corrected chi connectivity index (χ4v) is 3.33. The number of hydrogen-bond acceptors (Lipinski definition) is 1. The molecule has 1 nitrogen and oxygen atoms in total. The van der Waals surface area contributed by atoms with Crippen LogP contribution in [0.15, 0.2) is 18.2 Å². The maximum atomic E-state index is 14.2. The van der Waals surface area contributed by atoms with Crippen LogP contribution < -0.4 is 5.32 Å². The van der Waals surface area contributed by atoms with Crippen molar-refractivity contribution in [2.75, 3.05) is 13.1 Å². The zero-order chi connectivity index (χ0) is 13.2. The second kappa shape index (κ2) is 5.58. The second-order valence-electron chi connectivity index (χ2n) is 5.57. The van der Waals surface area contributed by atoms with E-state index in [0.29, 0.717) is 5.92 Å². The van der Waals surface area contributed by atoms with E-state index in [1.165, 1.54) is 0 Å². The highest BCUT2D eigenvalue weighted by Crippen LogP contribution is 2.48. The van der Waals surface area contributed by atoms with Gasteiger partial charge in [-0.1, -0.05) is 37.6 Å². The lowest BCUT2D eigenvalue weighted by Gasteiger charge is -2.47. The smallest absolute Gasteiger partial charge is 0.145 e. The number of hydrogen-bond donors (Lipinski definition) is 1. The summed E-state index contributed by atoms with van der Waals surface area (Å²) in [6.07, 6.45) is 3.19. The molecule has 1 aliphatic rings. The van der Waals surface area contributed by atoms with Crippen molar-refractivity contribution in [3.63, 3.8) is 0 Å². The summed E-state index contributed by atoms with van der Waals surface area (Å²) in [5, 5.41) is 3.67. The van der Waals surface area contributed by atoms with Crippen LogP contribution in [-0.4, -0.2) is 13.1 Å². The van der Waals surface area contributed by atoms with E-state index in [1.54, 1.807) is 6.07 Å². The van der Waals surface area contributed by atoms with Gasteiger partial charge in [-0.05, 0) is 43.4 Å². The Kier molecular flexibility index (Phi) is 4.29. The molecule has 1 saturated carbocycles. The molecule has 1 N–H and O–H groups in total. The molecular weight excluding hydrogens is 249 g/mol. The van der Waals surface area contributed by atoms with Crippen molar-refractivity contribution in [2.24, 2.45) is 5.92 Å². The maximum Gasteiger partial charge on any atom is 0.145 e. The van der Waals surface area contributed by atoms with Crippen LogP contribution in [0.4, 0.5) is 4.39 Å². The monoisotopic (exact) mass is 269 g/mol. The fourth-order valence-electron chi connectivity index (χ4n) is 3.15. The van der Waals surface area contributed by atoms with Crippen molar-refractivity contribution >= 4 is 11.6 Å². The zero-order valence-electron chi connectivity index (χ0n) is 11.1. The Bertz CT molecular complexity index is 413. The molecule has 0 spiro atoms. The third kappa shape index (κ3) is 2.55. The Morgan fingerprint density at radius 2 is 2.17 bits per heavy atom. The molecule has 0 aliphatic heterocycles. The maximum absolute atomic E-state index is 14.2. The molecule has 0 heterocycles. The van der Waals surface area contributed by atoms with E-state index in [4.69, 9.17) is 11.6 Å². The van der Waals surface area contributed by atoms with Gasteiger partial charge in [0.15, 0.2) is 0 Å². The van der Waals surface area contributed by atoms with Gasteiger partial charge in [0.25, 0.3) is 0 Å². The summed E-state index contributed by atoms with van der Waals surface area (Å²) in [6, 6.07) is 5.36. The molecule has 1 aliphatic carbocycles. The molecule has 0 unspecified atom stereocenters. The fraction of sp³-hybridized carbons (Fsp3) is 0.600. The lowest BCUT2D eigenvalue weighted by atomic mass is 9.59. The molecule has 0 aromatic heterocycles. The van der Waals surface area contributed by atoms with Crippen molar-refractivity contribution in [2.45, 2.75) is 38.5 Å². The quantitative estimate of drug-likeness (QED) is 0.792. The minimum absolute atomic E-state index is 0.0520. The summed E-state index contributed by atoms with van der Waals surface area (Å²) < 4.78 is 14.2. The number of halogens is 2. The van der Waals surface area contributed by atoms with E-state index in [1.807, 2.05) is 12.1 Å². The summed E-state index contributed by atoms with van der Waals surface area (Å²) in [6.45, 7) is 6.20. The Hall–Kier alpha value is -0.600. The Morgan fingerprint density at radius 1 is 1.44 bits per heavy atom. The van der Waals surface area contributed by atoms with Crippen LogP contribution in [0.25, 0.3) is 0 Å². The SMILES string of the molecule is CCCNCC1(c2cccc(Cl)c2F)CC(C)C1. The molecule has 100 valence electrons. The second-order valence-corrected chi connectivity index (χ2v) is 5.98. The van der Waals surface area contributed by atoms with Gasteiger partial charge in [-0.25, -0.2) is 4.39 Å². The first-order valence-electron chi connectivity index (χ1n) is 6.74. The Balaban J connectivity index is 2.22. The molecule has 3 heteroatoms. The standard InChI is InChI=1S/C15H21ClFN/c1-3-7-18-10-15(8-11(2)9-15)12-5-4-6-13(16)14(12)17/h4-6,11,18H,3,7-10H2,1-2H3. The van der Waals surface area contributed by atoms with E-state index in [0.717, 1.165) is 37.9 Å². The van der Waals surface area contributed by atoms with Gasteiger partial charge in [0.05, 0.1) is 5.02 Å². The van der Waals surface area contributed by atoms with Crippen molar-refractivity contribution in [1.29, 1.82) is 0 Å². The average molecular weight is 270 g/mol. The van der Waals surface area contributed by atoms with Gasteiger partial charge in [-0.3, -0.25) is 0 Å². The Morgan fingerprint density at radius 3 is 2.78 bits per heavy atom. The lowest BCUT2D eigenvalue weighted by Crippen LogP contribution is -2.48. The molecule has 0 saturated heterocycles. The number of rotatable bonds is 5. The largest absolute Gasteiger partial charge is 0.316 e. The molecular formula is C15H21ClFN. The van der Waals surface area contributed by atoms with Crippen LogP contribution in [0.2, 0.25) is 5.02 Å². The summed E-state index contributed by atoms with van der Waals surface area (Å²) in [5.41, 5.74) is 0.737. The van der Waals surface area contributed by atoms with Gasteiger partial charge in [0.1, 0.15) is 5.82 Å². The van der Waals surface area contributed by atoms with Crippen LogP contribution in [0.1, 0.15) is 38.7 Å². The van der Waals surface area contributed by atoms with Gasteiger partial charge in [0, 0.05) is 12.0 Å². The minimum Gasteiger partial charge on any atom is -0.316 e. The van der Waals surface area contributed by atoms with E-state index in [2.05, 4.69) is 19.2 Å². The van der Waals surface area contributed by atoms with E-state index in [9.17, 15) is 4.39 Å². The van der Waals surface area contributed by atoms with E-state index >= 15 is 0 Å². The molecule has 1 aromatic carbocycles. The van der Waals surface area contributed by atoms with Crippen molar-refractivity contribution < 1.29 is 4.39 Å². The highest BCUT2D eigenvalue weighted by molar-refractivity contribution is 6.30. The summed E-state index contributed by atoms with van der Waals surface area (Å²) in [4.78, 5) is 0.